The second-order valence-electron chi connectivity index (χ2n) is 7.33. The van der Waals surface area contributed by atoms with E-state index in [0.717, 1.165) is 45.4 Å². The summed E-state index contributed by atoms with van der Waals surface area (Å²) in [4.78, 5) is 8.32. The van der Waals surface area contributed by atoms with Crippen molar-refractivity contribution in [2.24, 2.45) is 4.99 Å². The van der Waals surface area contributed by atoms with Gasteiger partial charge in [0.2, 0.25) is 0 Å². The van der Waals surface area contributed by atoms with Crippen molar-refractivity contribution in [1.29, 1.82) is 0 Å². The van der Waals surface area contributed by atoms with Crippen LogP contribution >= 0.6 is 11.3 Å². The molecule has 1 aliphatic rings. The molecule has 2 N–H and O–H groups in total. The molecule has 2 heterocycles. The van der Waals surface area contributed by atoms with E-state index in [1.54, 1.807) is 0 Å². The summed E-state index contributed by atoms with van der Waals surface area (Å²) >= 11 is 1.82. The Bertz CT molecular complexity index is 741. The first-order chi connectivity index (χ1) is 13.7. The van der Waals surface area contributed by atoms with Crippen LogP contribution < -0.4 is 10.6 Å². The fourth-order valence-corrected chi connectivity index (χ4v) is 4.40. The Balaban J connectivity index is 1.55. The fourth-order valence-electron chi connectivity index (χ4n) is 3.54. The van der Waals surface area contributed by atoms with Crippen molar-refractivity contribution < 1.29 is 4.74 Å². The van der Waals surface area contributed by atoms with Crippen molar-refractivity contribution in [3.05, 3.63) is 57.8 Å². The number of morpholine rings is 1. The minimum atomic E-state index is 0.344. The standard InChI is InChI=1S/C22H32N4OS/c1-17-6-4-7-19(14-17)18(2)15-24-22(23-3)25-16-20(21-8-5-13-28-21)26-9-11-27-12-10-26/h4-8,13-14,18,20H,9-12,15-16H2,1-3H3,(H2,23,24,25). The van der Waals surface area contributed by atoms with Crippen molar-refractivity contribution in [1.82, 2.24) is 15.5 Å². The van der Waals surface area contributed by atoms with Gasteiger partial charge in [-0.1, -0.05) is 42.8 Å². The van der Waals surface area contributed by atoms with Crippen LogP contribution in [0.4, 0.5) is 0 Å². The van der Waals surface area contributed by atoms with Gasteiger partial charge >= 0.3 is 0 Å². The van der Waals surface area contributed by atoms with E-state index in [0.29, 0.717) is 12.0 Å². The van der Waals surface area contributed by atoms with E-state index in [1.165, 1.54) is 16.0 Å². The first-order valence-electron chi connectivity index (χ1n) is 10.0. The monoisotopic (exact) mass is 400 g/mol. The first kappa shape index (κ1) is 20.8. The maximum absolute atomic E-state index is 5.53. The topological polar surface area (TPSA) is 48.9 Å². The Hall–Kier alpha value is -1.89. The van der Waals surface area contributed by atoms with Crippen LogP contribution in [-0.4, -0.2) is 57.3 Å². The van der Waals surface area contributed by atoms with Gasteiger partial charge in [-0.3, -0.25) is 9.89 Å². The van der Waals surface area contributed by atoms with Gasteiger partial charge in [0.15, 0.2) is 5.96 Å². The normalized spacial score (nSPS) is 17.9. The summed E-state index contributed by atoms with van der Waals surface area (Å²) < 4.78 is 5.53. The quantitative estimate of drug-likeness (QED) is 0.552. The summed E-state index contributed by atoms with van der Waals surface area (Å²) in [5.74, 6) is 1.28. The van der Waals surface area contributed by atoms with Crippen molar-refractivity contribution in [2.75, 3.05) is 46.4 Å². The Morgan fingerprint density at radius 1 is 1.18 bits per heavy atom. The van der Waals surface area contributed by atoms with E-state index in [-0.39, 0.29) is 0 Å². The van der Waals surface area contributed by atoms with Crippen molar-refractivity contribution in [2.45, 2.75) is 25.8 Å². The molecule has 2 atom stereocenters. The third kappa shape index (κ3) is 5.80. The van der Waals surface area contributed by atoms with Crippen molar-refractivity contribution in [3.63, 3.8) is 0 Å². The van der Waals surface area contributed by atoms with Crippen LogP contribution in [0.2, 0.25) is 0 Å². The van der Waals surface area contributed by atoms with Crippen LogP contribution in [0.3, 0.4) is 0 Å². The lowest BCUT2D eigenvalue weighted by Gasteiger charge is -2.34. The summed E-state index contributed by atoms with van der Waals surface area (Å²) in [6.07, 6.45) is 0. The zero-order valence-electron chi connectivity index (χ0n) is 17.1. The smallest absolute Gasteiger partial charge is 0.191 e. The van der Waals surface area contributed by atoms with Crippen LogP contribution in [0.1, 0.15) is 34.9 Å². The minimum Gasteiger partial charge on any atom is -0.379 e. The zero-order valence-corrected chi connectivity index (χ0v) is 18.0. The van der Waals surface area contributed by atoms with Gasteiger partial charge in [0.05, 0.1) is 19.3 Å². The van der Waals surface area contributed by atoms with E-state index in [2.05, 4.69) is 76.2 Å². The maximum Gasteiger partial charge on any atom is 0.191 e. The molecule has 28 heavy (non-hydrogen) atoms. The number of aliphatic imine (C=N–C) groups is 1. The Morgan fingerprint density at radius 3 is 2.64 bits per heavy atom. The molecule has 0 radical (unpaired) electrons. The highest BCUT2D eigenvalue weighted by atomic mass is 32.1. The molecule has 0 spiro atoms. The average Bonchev–Trinajstić information content (AvgIpc) is 3.25. The van der Waals surface area contributed by atoms with Gasteiger partial charge < -0.3 is 15.4 Å². The molecule has 6 heteroatoms. The number of benzene rings is 1. The maximum atomic E-state index is 5.53. The van der Waals surface area contributed by atoms with E-state index in [9.17, 15) is 0 Å². The molecule has 0 saturated carbocycles. The highest BCUT2D eigenvalue weighted by Crippen LogP contribution is 2.25. The average molecular weight is 401 g/mol. The lowest BCUT2D eigenvalue weighted by molar-refractivity contribution is 0.0177. The van der Waals surface area contributed by atoms with E-state index in [4.69, 9.17) is 4.74 Å². The number of rotatable bonds is 7. The van der Waals surface area contributed by atoms with Gasteiger partial charge in [-0.05, 0) is 29.9 Å². The highest BCUT2D eigenvalue weighted by Gasteiger charge is 2.23. The summed E-state index contributed by atoms with van der Waals surface area (Å²) in [6, 6.07) is 13.4. The van der Waals surface area contributed by atoms with Crippen LogP contribution in [-0.2, 0) is 4.74 Å². The SMILES string of the molecule is CN=C(NCC(C)c1cccc(C)c1)NCC(c1cccs1)N1CCOCC1. The number of hydrogen-bond acceptors (Lipinski definition) is 4. The van der Waals surface area contributed by atoms with E-state index < -0.39 is 0 Å². The molecule has 152 valence electrons. The van der Waals surface area contributed by atoms with Gasteiger partial charge in [0, 0.05) is 38.1 Å². The van der Waals surface area contributed by atoms with Crippen LogP contribution in [0, 0.1) is 6.92 Å². The molecular formula is C22H32N4OS. The Labute approximate surface area is 172 Å². The highest BCUT2D eigenvalue weighted by molar-refractivity contribution is 7.10. The number of nitrogens with one attached hydrogen (secondary N) is 2. The molecule has 0 amide bonds. The minimum absolute atomic E-state index is 0.344. The number of guanidine groups is 1. The second kappa shape index (κ2) is 10.6. The molecule has 1 fully saturated rings. The number of ether oxygens (including phenoxy) is 1. The second-order valence-corrected chi connectivity index (χ2v) is 8.31. The molecule has 3 rings (SSSR count). The number of hydrogen-bond donors (Lipinski definition) is 2. The first-order valence-corrected chi connectivity index (χ1v) is 10.9. The molecule has 2 unspecified atom stereocenters. The van der Waals surface area contributed by atoms with Gasteiger partial charge in [0.1, 0.15) is 0 Å². The van der Waals surface area contributed by atoms with Crippen LogP contribution in [0.15, 0.2) is 46.8 Å². The molecule has 0 aliphatic carbocycles. The van der Waals surface area contributed by atoms with Crippen molar-refractivity contribution >= 4 is 17.3 Å². The largest absolute Gasteiger partial charge is 0.379 e. The van der Waals surface area contributed by atoms with E-state index in [1.807, 2.05) is 18.4 Å². The van der Waals surface area contributed by atoms with Crippen LogP contribution in [0.25, 0.3) is 0 Å². The summed E-state index contributed by atoms with van der Waals surface area (Å²) in [6.45, 7) is 9.63. The lowest BCUT2D eigenvalue weighted by Crippen LogP contribution is -2.46. The molecule has 5 nitrogen and oxygen atoms in total. The van der Waals surface area contributed by atoms with Crippen LogP contribution in [0.5, 0.6) is 0 Å². The summed E-state index contributed by atoms with van der Waals surface area (Å²) in [5.41, 5.74) is 2.66. The number of nitrogens with zero attached hydrogens (tertiary/aromatic N) is 2. The third-order valence-corrected chi connectivity index (χ3v) is 6.20. The predicted octanol–water partition coefficient (Wildman–Crippen LogP) is 3.40. The molecular weight excluding hydrogens is 368 g/mol. The molecule has 1 aromatic carbocycles. The Morgan fingerprint density at radius 2 is 1.96 bits per heavy atom. The van der Waals surface area contributed by atoms with Gasteiger partial charge in [-0.25, -0.2) is 0 Å². The molecule has 0 bridgehead atoms. The molecule has 1 aliphatic heterocycles. The van der Waals surface area contributed by atoms with Gasteiger partial charge in [0.25, 0.3) is 0 Å². The zero-order chi connectivity index (χ0) is 19.8. The van der Waals surface area contributed by atoms with Crippen molar-refractivity contribution in [3.8, 4) is 0 Å². The third-order valence-electron chi connectivity index (χ3n) is 5.23. The summed E-state index contributed by atoms with van der Waals surface area (Å²) in [7, 11) is 1.83. The summed E-state index contributed by atoms with van der Waals surface area (Å²) in [5, 5.41) is 9.18. The number of aryl methyl sites for hydroxylation is 1. The van der Waals surface area contributed by atoms with E-state index >= 15 is 0 Å². The predicted molar refractivity (Wildman–Crippen MR) is 118 cm³/mol. The Kier molecular flexibility index (Phi) is 7.89. The fraction of sp³-hybridized carbons (Fsp3) is 0.500. The molecule has 1 saturated heterocycles. The van der Waals surface area contributed by atoms with Gasteiger partial charge in [-0.2, -0.15) is 0 Å². The molecule has 1 aromatic heterocycles. The number of thiophene rings is 1. The molecule has 2 aromatic rings. The van der Waals surface area contributed by atoms with Gasteiger partial charge in [-0.15, -0.1) is 11.3 Å². The lowest BCUT2D eigenvalue weighted by atomic mass is 9.99.